The number of aromatic amines is 1. The van der Waals surface area contributed by atoms with Gasteiger partial charge in [0.1, 0.15) is 5.69 Å². The van der Waals surface area contributed by atoms with E-state index in [0.29, 0.717) is 0 Å². The number of benzene rings is 1. The smallest absolute Gasteiger partial charge is 0.270 e. The largest absolute Gasteiger partial charge is 0.350 e. The normalized spacial score (nSPS) is 16.4. The van der Waals surface area contributed by atoms with Crippen molar-refractivity contribution < 1.29 is 4.79 Å². The Morgan fingerprint density at radius 3 is 2.45 bits per heavy atom. The number of carbonyl (C=O) groups excluding carboxylic acids is 1. The van der Waals surface area contributed by atoms with Crippen LogP contribution in [0.4, 0.5) is 0 Å². The molecule has 1 saturated heterocycles. The number of nitrogens with one attached hydrogen (secondary N) is 1. The molecule has 1 fully saturated rings. The highest BCUT2D eigenvalue weighted by molar-refractivity contribution is 5.99. The molecule has 1 aromatic carbocycles. The van der Waals surface area contributed by atoms with Crippen LogP contribution in [0.15, 0.2) is 18.2 Å². The van der Waals surface area contributed by atoms with Gasteiger partial charge in [0.2, 0.25) is 0 Å². The van der Waals surface area contributed by atoms with E-state index in [9.17, 15) is 4.79 Å². The maximum absolute atomic E-state index is 12.7. The van der Waals surface area contributed by atoms with E-state index in [2.05, 4.69) is 42.9 Å². The fourth-order valence-electron chi connectivity index (χ4n) is 3.17. The van der Waals surface area contributed by atoms with Crippen LogP contribution in [-0.2, 0) is 12.8 Å². The number of hydrogen-bond donors (Lipinski definition) is 1. The van der Waals surface area contributed by atoms with Gasteiger partial charge in [0, 0.05) is 37.1 Å². The minimum atomic E-state index is 0.129. The molecule has 1 aliphatic heterocycles. The van der Waals surface area contributed by atoms with Gasteiger partial charge in [0.05, 0.1) is 0 Å². The summed E-state index contributed by atoms with van der Waals surface area (Å²) in [4.78, 5) is 20.3. The number of piperazine rings is 1. The van der Waals surface area contributed by atoms with Crippen molar-refractivity contribution in [3.05, 3.63) is 35.0 Å². The first kappa shape index (κ1) is 15.1. The zero-order valence-electron chi connectivity index (χ0n) is 13.8. The molecule has 3 rings (SSSR count). The van der Waals surface area contributed by atoms with E-state index in [1.54, 1.807) is 0 Å². The summed E-state index contributed by atoms with van der Waals surface area (Å²) >= 11 is 0. The second-order valence-electron chi connectivity index (χ2n) is 6.20. The summed E-state index contributed by atoms with van der Waals surface area (Å²) in [5, 5.41) is 1.16. The molecule has 22 heavy (non-hydrogen) atoms. The molecule has 1 amide bonds. The Labute approximate surface area is 132 Å². The number of fused-ring (bicyclic) bond motifs is 1. The summed E-state index contributed by atoms with van der Waals surface area (Å²) < 4.78 is 0. The zero-order valence-corrected chi connectivity index (χ0v) is 13.8. The SMILES string of the molecule is CCc1cc(CC)c2[nH]c(C(=O)N3CCN(C)CC3)cc2c1. The lowest BCUT2D eigenvalue weighted by molar-refractivity contribution is 0.0659. The van der Waals surface area contributed by atoms with Crippen molar-refractivity contribution in [2.24, 2.45) is 0 Å². The van der Waals surface area contributed by atoms with Gasteiger partial charge < -0.3 is 14.8 Å². The molecule has 0 bridgehead atoms. The van der Waals surface area contributed by atoms with Gasteiger partial charge in [-0.2, -0.15) is 0 Å². The Bertz CT molecular complexity index is 681. The van der Waals surface area contributed by atoms with Crippen LogP contribution in [0.5, 0.6) is 0 Å². The van der Waals surface area contributed by atoms with Crippen LogP contribution < -0.4 is 0 Å². The maximum atomic E-state index is 12.7. The number of H-pyrrole nitrogens is 1. The van der Waals surface area contributed by atoms with Gasteiger partial charge in [-0.15, -0.1) is 0 Å². The predicted molar refractivity (Wildman–Crippen MR) is 90.5 cm³/mol. The standard InChI is InChI=1S/C18H25N3O/c1-4-13-10-14(5-2)17-15(11-13)12-16(19-17)18(22)21-8-6-20(3)7-9-21/h10-12,19H,4-9H2,1-3H3. The lowest BCUT2D eigenvalue weighted by atomic mass is 10.0. The van der Waals surface area contributed by atoms with Gasteiger partial charge in [-0.3, -0.25) is 4.79 Å². The van der Waals surface area contributed by atoms with Crippen LogP contribution in [0.2, 0.25) is 0 Å². The molecular formula is C18H25N3O. The van der Waals surface area contributed by atoms with E-state index in [-0.39, 0.29) is 5.91 Å². The van der Waals surface area contributed by atoms with Crippen LogP contribution in [-0.4, -0.2) is 53.9 Å². The highest BCUT2D eigenvalue weighted by Crippen LogP contribution is 2.24. The van der Waals surface area contributed by atoms with Crippen molar-refractivity contribution in [1.82, 2.24) is 14.8 Å². The predicted octanol–water partition coefficient (Wildman–Crippen LogP) is 2.68. The molecule has 2 heterocycles. The van der Waals surface area contributed by atoms with Crippen molar-refractivity contribution in [1.29, 1.82) is 0 Å². The molecule has 0 spiro atoms. The van der Waals surface area contributed by atoms with Crippen molar-refractivity contribution in [2.45, 2.75) is 26.7 Å². The molecule has 1 aromatic heterocycles. The Hall–Kier alpha value is -1.81. The number of likely N-dealkylation sites (N-methyl/N-ethyl adjacent to an activating group) is 1. The van der Waals surface area contributed by atoms with Crippen molar-refractivity contribution in [2.75, 3.05) is 33.2 Å². The van der Waals surface area contributed by atoms with Gasteiger partial charge in [-0.1, -0.05) is 19.9 Å². The molecule has 4 heteroatoms. The van der Waals surface area contributed by atoms with Crippen LogP contribution in [0.1, 0.15) is 35.5 Å². The molecular weight excluding hydrogens is 274 g/mol. The number of amides is 1. The lowest BCUT2D eigenvalue weighted by Gasteiger charge is -2.32. The van der Waals surface area contributed by atoms with Crippen molar-refractivity contribution in [3.63, 3.8) is 0 Å². The molecule has 0 atom stereocenters. The molecule has 0 radical (unpaired) electrons. The van der Waals surface area contributed by atoms with E-state index in [0.717, 1.165) is 55.6 Å². The summed E-state index contributed by atoms with van der Waals surface area (Å²) in [6.45, 7) is 7.86. The van der Waals surface area contributed by atoms with E-state index >= 15 is 0 Å². The van der Waals surface area contributed by atoms with Gasteiger partial charge in [0.25, 0.3) is 5.91 Å². The summed E-state index contributed by atoms with van der Waals surface area (Å²) in [5.41, 5.74) is 4.48. The van der Waals surface area contributed by atoms with Gasteiger partial charge >= 0.3 is 0 Å². The molecule has 0 aliphatic carbocycles. The quantitative estimate of drug-likeness (QED) is 0.946. The molecule has 118 valence electrons. The maximum Gasteiger partial charge on any atom is 0.270 e. The van der Waals surface area contributed by atoms with E-state index in [4.69, 9.17) is 0 Å². The topological polar surface area (TPSA) is 39.3 Å². The Morgan fingerprint density at radius 2 is 1.82 bits per heavy atom. The van der Waals surface area contributed by atoms with Gasteiger partial charge in [-0.25, -0.2) is 0 Å². The first-order valence-corrected chi connectivity index (χ1v) is 8.24. The summed E-state index contributed by atoms with van der Waals surface area (Å²) in [6.07, 6.45) is 2.00. The summed E-state index contributed by atoms with van der Waals surface area (Å²) in [5.74, 6) is 0.129. The van der Waals surface area contributed by atoms with Gasteiger partial charge in [-0.05, 0) is 43.1 Å². The number of nitrogens with zero attached hydrogens (tertiary/aromatic N) is 2. The fraction of sp³-hybridized carbons (Fsp3) is 0.500. The number of carbonyl (C=O) groups is 1. The number of hydrogen-bond acceptors (Lipinski definition) is 2. The highest BCUT2D eigenvalue weighted by atomic mass is 16.2. The third-order valence-corrected chi connectivity index (χ3v) is 4.68. The molecule has 2 aromatic rings. The first-order valence-electron chi connectivity index (χ1n) is 8.24. The number of rotatable bonds is 3. The minimum absolute atomic E-state index is 0.129. The number of aromatic nitrogens is 1. The van der Waals surface area contributed by atoms with E-state index < -0.39 is 0 Å². The summed E-state index contributed by atoms with van der Waals surface area (Å²) in [6, 6.07) is 6.48. The van der Waals surface area contributed by atoms with Crippen LogP contribution in [0.25, 0.3) is 10.9 Å². The van der Waals surface area contributed by atoms with Crippen LogP contribution >= 0.6 is 0 Å². The third kappa shape index (κ3) is 2.75. The molecule has 0 unspecified atom stereocenters. The third-order valence-electron chi connectivity index (χ3n) is 4.68. The second-order valence-corrected chi connectivity index (χ2v) is 6.20. The monoisotopic (exact) mass is 299 g/mol. The first-order chi connectivity index (χ1) is 10.6. The lowest BCUT2D eigenvalue weighted by Crippen LogP contribution is -2.47. The Kier molecular flexibility index (Phi) is 4.21. The molecule has 4 nitrogen and oxygen atoms in total. The Balaban J connectivity index is 1.92. The fourth-order valence-corrected chi connectivity index (χ4v) is 3.17. The van der Waals surface area contributed by atoms with Crippen molar-refractivity contribution in [3.8, 4) is 0 Å². The zero-order chi connectivity index (χ0) is 15.7. The summed E-state index contributed by atoms with van der Waals surface area (Å²) in [7, 11) is 2.10. The van der Waals surface area contributed by atoms with E-state index in [1.165, 1.54) is 11.1 Å². The number of aryl methyl sites for hydroxylation is 2. The highest BCUT2D eigenvalue weighted by Gasteiger charge is 2.22. The van der Waals surface area contributed by atoms with Crippen molar-refractivity contribution >= 4 is 16.8 Å². The average molecular weight is 299 g/mol. The van der Waals surface area contributed by atoms with E-state index in [1.807, 2.05) is 11.0 Å². The average Bonchev–Trinajstić information content (AvgIpc) is 2.97. The van der Waals surface area contributed by atoms with Gasteiger partial charge in [0.15, 0.2) is 0 Å². The molecule has 1 N–H and O–H groups in total. The molecule has 1 aliphatic rings. The van der Waals surface area contributed by atoms with Crippen LogP contribution in [0.3, 0.4) is 0 Å². The van der Waals surface area contributed by atoms with Crippen LogP contribution in [0, 0.1) is 0 Å². The Morgan fingerprint density at radius 1 is 1.09 bits per heavy atom. The second kappa shape index (κ2) is 6.13. The molecule has 0 saturated carbocycles. The minimum Gasteiger partial charge on any atom is -0.350 e.